The lowest BCUT2D eigenvalue weighted by Gasteiger charge is -2.20. The monoisotopic (exact) mass is 319 g/mol. The maximum atomic E-state index is 12.7. The Labute approximate surface area is 135 Å². The first-order valence-electron chi connectivity index (χ1n) is 6.77. The molecule has 2 aromatic carbocycles. The van der Waals surface area contributed by atoms with Gasteiger partial charge in [-0.2, -0.15) is 0 Å². The number of ether oxygens (including phenoxy) is 2. The average Bonchev–Trinajstić information content (AvgIpc) is 2.55. The minimum absolute atomic E-state index is 0.163. The van der Waals surface area contributed by atoms with Gasteiger partial charge < -0.3 is 14.4 Å². The van der Waals surface area contributed by atoms with E-state index in [1.807, 2.05) is 12.1 Å². The molecule has 22 heavy (non-hydrogen) atoms. The van der Waals surface area contributed by atoms with E-state index in [0.29, 0.717) is 28.6 Å². The van der Waals surface area contributed by atoms with Gasteiger partial charge in [-0.15, -0.1) is 0 Å². The maximum absolute atomic E-state index is 12.7. The number of methoxy groups -OCH3 is 2. The number of benzene rings is 2. The van der Waals surface area contributed by atoms with E-state index in [0.717, 1.165) is 5.56 Å². The van der Waals surface area contributed by atoms with Crippen molar-refractivity contribution in [2.75, 3.05) is 21.3 Å². The first-order chi connectivity index (χ1) is 10.6. The summed E-state index contributed by atoms with van der Waals surface area (Å²) >= 11 is 5.87. The highest BCUT2D eigenvalue weighted by Gasteiger charge is 2.21. The fourth-order valence-electron chi connectivity index (χ4n) is 2.19. The van der Waals surface area contributed by atoms with Crippen LogP contribution in [0.5, 0.6) is 11.5 Å². The van der Waals surface area contributed by atoms with Gasteiger partial charge in [-0.3, -0.25) is 4.79 Å². The molecule has 2 rings (SSSR count). The van der Waals surface area contributed by atoms with Gasteiger partial charge in [0, 0.05) is 18.6 Å². The van der Waals surface area contributed by atoms with Gasteiger partial charge in [0.25, 0.3) is 5.91 Å². The lowest BCUT2D eigenvalue weighted by atomic mass is 10.1. The van der Waals surface area contributed by atoms with Gasteiger partial charge >= 0.3 is 0 Å². The van der Waals surface area contributed by atoms with Crippen LogP contribution in [0.3, 0.4) is 0 Å². The van der Waals surface area contributed by atoms with E-state index in [1.54, 1.807) is 42.3 Å². The third-order valence-corrected chi connectivity index (χ3v) is 3.57. The van der Waals surface area contributed by atoms with Crippen molar-refractivity contribution >= 4 is 17.5 Å². The van der Waals surface area contributed by atoms with Crippen LogP contribution in [0.2, 0.25) is 5.02 Å². The van der Waals surface area contributed by atoms with Crippen LogP contribution in [-0.2, 0) is 6.54 Å². The number of rotatable bonds is 5. The third kappa shape index (κ3) is 3.52. The van der Waals surface area contributed by atoms with E-state index in [4.69, 9.17) is 21.1 Å². The molecule has 0 aliphatic rings. The Hall–Kier alpha value is -2.20. The highest BCUT2D eigenvalue weighted by Crippen LogP contribution is 2.29. The Morgan fingerprint density at radius 2 is 1.59 bits per heavy atom. The Kier molecular flexibility index (Phi) is 5.28. The number of carbonyl (C=O) groups is 1. The quantitative estimate of drug-likeness (QED) is 0.844. The Morgan fingerprint density at radius 1 is 1.05 bits per heavy atom. The summed E-state index contributed by atoms with van der Waals surface area (Å²) in [6.07, 6.45) is 0. The van der Waals surface area contributed by atoms with Crippen LogP contribution < -0.4 is 9.47 Å². The van der Waals surface area contributed by atoms with Crippen molar-refractivity contribution in [2.24, 2.45) is 0 Å². The van der Waals surface area contributed by atoms with E-state index >= 15 is 0 Å². The predicted octanol–water partition coefficient (Wildman–Crippen LogP) is 3.63. The predicted molar refractivity (Wildman–Crippen MR) is 86.8 cm³/mol. The summed E-state index contributed by atoms with van der Waals surface area (Å²) in [5.74, 6) is 0.823. The van der Waals surface area contributed by atoms with Crippen molar-refractivity contribution in [3.8, 4) is 11.5 Å². The summed E-state index contributed by atoms with van der Waals surface area (Å²) in [6, 6.07) is 12.7. The fraction of sp³-hybridized carbons (Fsp3) is 0.235. The summed E-state index contributed by atoms with van der Waals surface area (Å²) in [6.45, 7) is 0.469. The van der Waals surface area contributed by atoms with Crippen LogP contribution in [0.4, 0.5) is 0 Å². The molecule has 0 saturated heterocycles. The Balaban J connectivity index is 2.25. The molecular formula is C17H18ClNO3. The fourth-order valence-corrected chi connectivity index (χ4v) is 2.31. The van der Waals surface area contributed by atoms with Crippen LogP contribution in [0.1, 0.15) is 15.9 Å². The first kappa shape index (κ1) is 16.2. The normalized spacial score (nSPS) is 10.2. The molecular weight excluding hydrogens is 302 g/mol. The molecule has 2 aromatic rings. The van der Waals surface area contributed by atoms with Crippen molar-refractivity contribution in [2.45, 2.75) is 6.54 Å². The second-order valence-corrected chi connectivity index (χ2v) is 5.26. The molecule has 0 aliphatic carbocycles. The van der Waals surface area contributed by atoms with E-state index in [9.17, 15) is 4.79 Å². The molecule has 0 atom stereocenters. The molecule has 4 nitrogen and oxygen atoms in total. The summed E-state index contributed by atoms with van der Waals surface area (Å²) in [7, 11) is 4.80. The van der Waals surface area contributed by atoms with Crippen LogP contribution >= 0.6 is 11.6 Å². The van der Waals surface area contributed by atoms with Crippen molar-refractivity contribution in [3.63, 3.8) is 0 Å². The zero-order chi connectivity index (χ0) is 16.1. The van der Waals surface area contributed by atoms with Gasteiger partial charge in [-0.1, -0.05) is 29.8 Å². The van der Waals surface area contributed by atoms with Crippen LogP contribution in [0.25, 0.3) is 0 Å². The summed E-state index contributed by atoms with van der Waals surface area (Å²) in [5, 5.41) is 0.670. The molecule has 0 aromatic heterocycles. The molecule has 0 unspecified atom stereocenters. The van der Waals surface area contributed by atoms with Crippen molar-refractivity contribution in [1.29, 1.82) is 0 Å². The Bertz CT molecular complexity index is 633. The number of halogens is 1. The van der Waals surface area contributed by atoms with Crippen molar-refractivity contribution < 1.29 is 14.3 Å². The molecule has 0 saturated carbocycles. The first-order valence-corrected chi connectivity index (χ1v) is 7.15. The zero-order valence-corrected chi connectivity index (χ0v) is 13.6. The second kappa shape index (κ2) is 7.18. The van der Waals surface area contributed by atoms with Crippen LogP contribution in [-0.4, -0.2) is 32.1 Å². The number of amides is 1. The van der Waals surface area contributed by atoms with Crippen LogP contribution in [0.15, 0.2) is 42.5 Å². The zero-order valence-electron chi connectivity index (χ0n) is 12.8. The molecule has 0 aliphatic heterocycles. The molecule has 0 radical (unpaired) electrons. The van der Waals surface area contributed by atoms with Crippen molar-refractivity contribution in [3.05, 3.63) is 58.6 Å². The molecule has 0 spiro atoms. The summed E-state index contributed by atoms with van der Waals surface area (Å²) in [5.41, 5.74) is 1.41. The molecule has 0 bridgehead atoms. The molecule has 116 valence electrons. The lowest BCUT2D eigenvalue weighted by molar-refractivity contribution is 0.0778. The number of nitrogens with zero attached hydrogens (tertiary/aromatic N) is 1. The molecule has 5 heteroatoms. The topological polar surface area (TPSA) is 38.8 Å². The highest BCUT2D eigenvalue weighted by atomic mass is 35.5. The minimum atomic E-state index is -0.163. The summed E-state index contributed by atoms with van der Waals surface area (Å²) < 4.78 is 10.6. The number of carbonyl (C=O) groups excluding carboxylic acids is 1. The van der Waals surface area contributed by atoms with E-state index in [-0.39, 0.29) is 5.91 Å². The van der Waals surface area contributed by atoms with E-state index < -0.39 is 0 Å². The largest absolute Gasteiger partial charge is 0.496 e. The number of hydrogen-bond donors (Lipinski definition) is 0. The third-order valence-electron chi connectivity index (χ3n) is 3.32. The lowest BCUT2D eigenvalue weighted by Crippen LogP contribution is -2.27. The molecule has 0 heterocycles. The molecule has 0 N–H and O–H groups in total. The average molecular weight is 320 g/mol. The second-order valence-electron chi connectivity index (χ2n) is 4.83. The smallest absolute Gasteiger partial charge is 0.261 e. The molecule has 1 amide bonds. The Morgan fingerprint density at radius 3 is 2.09 bits per heavy atom. The van der Waals surface area contributed by atoms with E-state index in [1.165, 1.54) is 14.2 Å². The maximum Gasteiger partial charge on any atom is 0.261 e. The standard InChI is InChI=1S/C17H18ClNO3/c1-19(11-12-7-9-13(18)10-8-12)17(20)16-14(21-2)5-4-6-15(16)22-3/h4-10H,11H2,1-3H3. The SMILES string of the molecule is COc1cccc(OC)c1C(=O)N(C)Cc1ccc(Cl)cc1. The summed E-state index contributed by atoms with van der Waals surface area (Å²) in [4.78, 5) is 14.3. The highest BCUT2D eigenvalue weighted by molar-refractivity contribution is 6.30. The minimum Gasteiger partial charge on any atom is -0.496 e. The van der Waals surface area contributed by atoms with E-state index in [2.05, 4.69) is 0 Å². The van der Waals surface area contributed by atoms with Crippen molar-refractivity contribution in [1.82, 2.24) is 4.90 Å². The van der Waals surface area contributed by atoms with Crippen LogP contribution in [0, 0.1) is 0 Å². The molecule has 0 fully saturated rings. The van der Waals surface area contributed by atoms with Gasteiger partial charge in [-0.25, -0.2) is 0 Å². The van der Waals surface area contributed by atoms with Gasteiger partial charge in [0.15, 0.2) is 0 Å². The van der Waals surface area contributed by atoms with Gasteiger partial charge in [0.05, 0.1) is 14.2 Å². The van der Waals surface area contributed by atoms with Gasteiger partial charge in [0.1, 0.15) is 17.1 Å². The van der Waals surface area contributed by atoms with Gasteiger partial charge in [0.2, 0.25) is 0 Å². The number of hydrogen-bond acceptors (Lipinski definition) is 3. The van der Waals surface area contributed by atoms with Gasteiger partial charge in [-0.05, 0) is 29.8 Å².